The predicted octanol–water partition coefficient (Wildman–Crippen LogP) is 6.36. The molecule has 38 heavy (non-hydrogen) atoms. The van der Waals surface area contributed by atoms with Gasteiger partial charge in [-0.25, -0.2) is 9.97 Å². The summed E-state index contributed by atoms with van der Waals surface area (Å²) in [6.07, 6.45) is 0.223. The first kappa shape index (κ1) is 25.2. The average Bonchev–Trinajstić information content (AvgIpc) is 3.42. The molecule has 1 amide bonds. The SMILES string of the molecule is O=C(CCSc1nnc(-c2ccccc2)c(-c2ccccc2)n1)Nc1nc(-c2cccc([N+](=O)[O-])c2)cs1. The number of nitro groups is 1. The van der Waals surface area contributed by atoms with Crippen molar-refractivity contribution in [3.05, 3.63) is 100 Å². The van der Waals surface area contributed by atoms with E-state index >= 15 is 0 Å². The van der Waals surface area contributed by atoms with Gasteiger partial charge >= 0.3 is 0 Å². The van der Waals surface area contributed by atoms with E-state index in [1.54, 1.807) is 17.5 Å². The first-order chi connectivity index (χ1) is 18.6. The zero-order valence-electron chi connectivity index (χ0n) is 19.9. The summed E-state index contributed by atoms with van der Waals surface area (Å²) in [7, 11) is 0. The molecular formula is C27H20N6O3S2. The highest BCUT2D eigenvalue weighted by atomic mass is 32.2. The maximum atomic E-state index is 12.5. The van der Waals surface area contributed by atoms with E-state index in [0.29, 0.717) is 33.0 Å². The second-order valence-electron chi connectivity index (χ2n) is 8.02. The Morgan fingerprint density at radius 1 is 0.868 bits per heavy atom. The first-order valence-electron chi connectivity index (χ1n) is 11.6. The standard InChI is InChI=1S/C27H20N6O3S2/c34-23(29-26-28-22(17-38-26)20-12-7-13-21(16-20)33(35)36)14-15-37-27-30-24(18-8-3-1-4-9-18)25(31-32-27)19-10-5-2-6-11-19/h1-13,16-17H,14-15H2,(H,28,29,34). The lowest BCUT2D eigenvalue weighted by atomic mass is 10.0. The monoisotopic (exact) mass is 540 g/mol. The van der Waals surface area contributed by atoms with Crippen LogP contribution in [0.25, 0.3) is 33.8 Å². The van der Waals surface area contributed by atoms with Gasteiger partial charge in [-0.1, -0.05) is 84.6 Å². The lowest BCUT2D eigenvalue weighted by Gasteiger charge is -2.09. The largest absolute Gasteiger partial charge is 0.302 e. The summed E-state index contributed by atoms with van der Waals surface area (Å²) >= 11 is 2.61. The van der Waals surface area contributed by atoms with Crippen molar-refractivity contribution < 1.29 is 9.72 Å². The minimum atomic E-state index is -0.451. The summed E-state index contributed by atoms with van der Waals surface area (Å²) < 4.78 is 0. The number of carbonyl (C=O) groups is 1. The summed E-state index contributed by atoms with van der Waals surface area (Å²) in [6, 6.07) is 25.8. The van der Waals surface area contributed by atoms with Crippen molar-refractivity contribution in [2.45, 2.75) is 11.6 Å². The third-order valence-electron chi connectivity index (χ3n) is 5.43. The van der Waals surface area contributed by atoms with Crippen LogP contribution >= 0.6 is 23.1 Å². The third-order valence-corrected chi connectivity index (χ3v) is 7.02. The van der Waals surface area contributed by atoms with E-state index in [1.165, 1.54) is 35.2 Å². The topological polar surface area (TPSA) is 124 Å². The molecule has 0 unspecified atom stereocenters. The maximum absolute atomic E-state index is 12.5. The number of nitrogens with one attached hydrogen (secondary N) is 1. The summed E-state index contributed by atoms with van der Waals surface area (Å²) in [6.45, 7) is 0. The average molecular weight is 541 g/mol. The number of thioether (sulfide) groups is 1. The Morgan fingerprint density at radius 2 is 1.55 bits per heavy atom. The van der Waals surface area contributed by atoms with Gasteiger partial charge in [-0.2, -0.15) is 0 Å². The molecule has 1 N–H and O–H groups in total. The normalized spacial score (nSPS) is 10.7. The number of hydrogen-bond donors (Lipinski definition) is 1. The Kier molecular flexibility index (Phi) is 7.76. The second-order valence-corrected chi connectivity index (χ2v) is 9.94. The Morgan fingerprint density at radius 3 is 2.26 bits per heavy atom. The number of amides is 1. The van der Waals surface area contributed by atoms with Crippen LogP contribution in [0.15, 0.2) is 95.5 Å². The lowest BCUT2D eigenvalue weighted by molar-refractivity contribution is -0.384. The second kappa shape index (κ2) is 11.7. The molecular weight excluding hydrogens is 520 g/mol. The number of benzene rings is 3. The molecule has 3 aromatic carbocycles. The minimum Gasteiger partial charge on any atom is -0.302 e. The van der Waals surface area contributed by atoms with Gasteiger partial charge in [0.05, 0.1) is 10.6 Å². The number of hydrogen-bond acceptors (Lipinski definition) is 9. The van der Waals surface area contributed by atoms with Crippen LogP contribution in [0.4, 0.5) is 10.8 Å². The Hall–Kier alpha value is -4.48. The zero-order valence-corrected chi connectivity index (χ0v) is 21.5. The van der Waals surface area contributed by atoms with Crippen molar-refractivity contribution in [3.63, 3.8) is 0 Å². The minimum absolute atomic E-state index is 0.0120. The van der Waals surface area contributed by atoms with Crippen LogP contribution in [0.3, 0.4) is 0 Å². The van der Waals surface area contributed by atoms with Gasteiger partial charge in [0, 0.05) is 46.4 Å². The summed E-state index contributed by atoms with van der Waals surface area (Å²) in [5, 5.41) is 25.2. The highest BCUT2D eigenvalue weighted by Crippen LogP contribution is 2.30. The van der Waals surface area contributed by atoms with Crippen LogP contribution in [0.1, 0.15) is 6.42 Å². The zero-order chi connectivity index (χ0) is 26.3. The van der Waals surface area contributed by atoms with Crippen LogP contribution in [0.2, 0.25) is 0 Å². The molecule has 188 valence electrons. The number of rotatable bonds is 9. The molecule has 0 aliphatic rings. The van der Waals surface area contributed by atoms with Crippen molar-refractivity contribution in [3.8, 4) is 33.8 Å². The van der Waals surface area contributed by atoms with E-state index in [9.17, 15) is 14.9 Å². The molecule has 0 radical (unpaired) electrons. The van der Waals surface area contributed by atoms with Crippen molar-refractivity contribution in [2.75, 3.05) is 11.1 Å². The highest BCUT2D eigenvalue weighted by Gasteiger charge is 2.15. The fraction of sp³-hybridized carbons (Fsp3) is 0.0741. The van der Waals surface area contributed by atoms with E-state index in [1.807, 2.05) is 60.7 Å². The predicted molar refractivity (Wildman–Crippen MR) is 149 cm³/mol. The number of anilines is 1. The molecule has 2 aromatic heterocycles. The third kappa shape index (κ3) is 6.07. The quantitative estimate of drug-likeness (QED) is 0.130. The molecule has 0 saturated heterocycles. The molecule has 9 nitrogen and oxygen atoms in total. The molecule has 0 saturated carbocycles. The number of thiazole rings is 1. The van der Waals surface area contributed by atoms with Gasteiger partial charge < -0.3 is 5.32 Å². The van der Waals surface area contributed by atoms with Crippen molar-refractivity contribution in [1.29, 1.82) is 0 Å². The molecule has 5 rings (SSSR count). The fourth-order valence-corrected chi connectivity index (χ4v) is 5.08. The lowest BCUT2D eigenvalue weighted by Crippen LogP contribution is -2.12. The molecule has 0 aliphatic heterocycles. The Balaban J connectivity index is 1.23. The van der Waals surface area contributed by atoms with E-state index < -0.39 is 4.92 Å². The van der Waals surface area contributed by atoms with Crippen molar-refractivity contribution >= 4 is 39.8 Å². The first-order valence-corrected chi connectivity index (χ1v) is 13.4. The number of non-ortho nitro benzene ring substituents is 1. The molecule has 2 heterocycles. The number of carbonyl (C=O) groups excluding carboxylic acids is 1. The molecule has 0 spiro atoms. The number of nitro benzene ring substituents is 1. The highest BCUT2D eigenvalue weighted by molar-refractivity contribution is 7.99. The van der Waals surface area contributed by atoms with Crippen molar-refractivity contribution in [2.24, 2.45) is 0 Å². The van der Waals surface area contributed by atoms with Crippen molar-refractivity contribution in [1.82, 2.24) is 20.2 Å². The Labute approximate surface area is 226 Å². The van der Waals surface area contributed by atoms with Crippen LogP contribution in [0, 0.1) is 10.1 Å². The number of nitrogens with zero attached hydrogens (tertiary/aromatic N) is 5. The molecule has 11 heteroatoms. The van der Waals surface area contributed by atoms with Gasteiger partial charge in [0.1, 0.15) is 11.4 Å². The van der Waals surface area contributed by atoms with Crippen LogP contribution < -0.4 is 5.32 Å². The van der Waals surface area contributed by atoms with E-state index in [-0.39, 0.29) is 18.0 Å². The van der Waals surface area contributed by atoms with Gasteiger partial charge in [-0.3, -0.25) is 14.9 Å². The van der Waals surface area contributed by atoms with Gasteiger partial charge in [0.2, 0.25) is 11.1 Å². The van der Waals surface area contributed by atoms with Crippen LogP contribution in [-0.4, -0.2) is 36.7 Å². The number of aromatic nitrogens is 4. The summed E-state index contributed by atoms with van der Waals surface area (Å²) in [5.74, 6) is 0.254. The summed E-state index contributed by atoms with van der Waals surface area (Å²) in [5.41, 5.74) is 4.46. The van der Waals surface area contributed by atoms with E-state index in [0.717, 1.165) is 16.8 Å². The molecule has 0 atom stereocenters. The van der Waals surface area contributed by atoms with E-state index in [2.05, 4.69) is 20.5 Å². The van der Waals surface area contributed by atoms with Crippen LogP contribution in [0.5, 0.6) is 0 Å². The van der Waals surface area contributed by atoms with Gasteiger partial charge in [-0.15, -0.1) is 21.5 Å². The van der Waals surface area contributed by atoms with E-state index in [4.69, 9.17) is 4.98 Å². The van der Waals surface area contributed by atoms with Gasteiger partial charge in [-0.05, 0) is 0 Å². The molecule has 0 aliphatic carbocycles. The van der Waals surface area contributed by atoms with Gasteiger partial charge in [0.15, 0.2) is 5.13 Å². The molecule has 0 bridgehead atoms. The Bertz CT molecular complexity index is 1580. The van der Waals surface area contributed by atoms with Gasteiger partial charge in [0.25, 0.3) is 5.69 Å². The maximum Gasteiger partial charge on any atom is 0.270 e. The molecule has 5 aromatic rings. The smallest absolute Gasteiger partial charge is 0.270 e. The fourth-order valence-electron chi connectivity index (χ4n) is 3.62. The molecule has 0 fully saturated rings. The summed E-state index contributed by atoms with van der Waals surface area (Å²) in [4.78, 5) is 32.2. The van der Waals surface area contributed by atoms with Crippen LogP contribution in [-0.2, 0) is 4.79 Å².